The topological polar surface area (TPSA) is 63.3 Å². The Morgan fingerprint density at radius 1 is 1.77 bits per heavy atom. The maximum absolute atomic E-state index is 10.4. The lowest BCUT2D eigenvalue weighted by atomic mass is 10.0. The highest BCUT2D eigenvalue weighted by Gasteiger charge is 2.14. The van der Waals surface area contributed by atoms with Gasteiger partial charge in [-0.15, -0.1) is 0 Å². The van der Waals surface area contributed by atoms with Crippen molar-refractivity contribution < 1.29 is 14.4 Å². The van der Waals surface area contributed by atoms with Crippen LogP contribution in [0.1, 0.15) is 37.6 Å². The van der Waals surface area contributed by atoms with E-state index in [9.17, 15) is 4.79 Å². The second kappa shape index (κ2) is 4.07. The molecule has 1 atom stereocenters. The number of hydrogen-bond donors (Lipinski definition) is 1. The molecule has 0 bridgehead atoms. The molecule has 1 unspecified atom stereocenters. The maximum Gasteiger partial charge on any atom is 0.304 e. The van der Waals surface area contributed by atoms with Crippen molar-refractivity contribution in [2.24, 2.45) is 0 Å². The van der Waals surface area contributed by atoms with Gasteiger partial charge in [-0.05, 0) is 0 Å². The van der Waals surface area contributed by atoms with Crippen LogP contribution in [0.2, 0.25) is 0 Å². The Morgan fingerprint density at radius 3 is 2.92 bits per heavy atom. The number of nitrogens with zero attached hydrogens (tertiary/aromatic N) is 1. The molecule has 72 valence electrons. The van der Waals surface area contributed by atoms with Gasteiger partial charge in [-0.2, -0.15) is 0 Å². The Balaban J connectivity index is 2.65. The molecule has 1 heterocycles. The summed E-state index contributed by atoms with van der Waals surface area (Å²) >= 11 is 0. The lowest BCUT2D eigenvalue weighted by molar-refractivity contribution is -0.137. The number of aryl methyl sites for hydroxylation is 1. The predicted molar refractivity (Wildman–Crippen MR) is 46.5 cm³/mol. The minimum Gasteiger partial charge on any atom is -0.481 e. The molecule has 4 heteroatoms. The summed E-state index contributed by atoms with van der Waals surface area (Å²) < 4.78 is 4.97. The van der Waals surface area contributed by atoms with Gasteiger partial charge >= 0.3 is 5.97 Å². The molecule has 0 saturated heterocycles. The summed E-state index contributed by atoms with van der Waals surface area (Å²) in [6.07, 6.45) is 0.877. The van der Waals surface area contributed by atoms with Crippen molar-refractivity contribution in [3.8, 4) is 0 Å². The Hall–Kier alpha value is -1.32. The SMILES string of the molecule is CCc1cc(C(C)CC(=O)O)no1. The molecule has 0 aliphatic heterocycles. The highest BCUT2D eigenvalue weighted by Crippen LogP contribution is 2.18. The first kappa shape index (κ1) is 9.77. The smallest absolute Gasteiger partial charge is 0.304 e. The van der Waals surface area contributed by atoms with E-state index in [-0.39, 0.29) is 12.3 Å². The lowest BCUT2D eigenvalue weighted by Gasteiger charge is -2.01. The van der Waals surface area contributed by atoms with Gasteiger partial charge in [-0.25, -0.2) is 0 Å². The van der Waals surface area contributed by atoms with Gasteiger partial charge in [0.05, 0.1) is 12.1 Å². The minimum atomic E-state index is -0.812. The maximum atomic E-state index is 10.4. The van der Waals surface area contributed by atoms with Gasteiger partial charge in [0.2, 0.25) is 0 Å². The molecule has 0 aromatic carbocycles. The number of aliphatic carboxylic acids is 1. The minimum absolute atomic E-state index is 0.0819. The normalized spacial score (nSPS) is 12.8. The number of hydrogen-bond acceptors (Lipinski definition) is 3. The first-order valence-electron chi connectivity index (χ1n) is 4.30. The third kappa shape index (κ3) is 2.57. The van der Waals surface area contributed by atoms with Gasteiger partial charge in [0.25, 0.3) is 0 Å². The van der Waals surface area contributed by atoms with Crippen LogP contribution in [0, 0.1) is 0 Å². The summed E-state index contributed by atoms with van der Waals surface area (Å²) in [6.45, 7) is 3.79. The van der Waals surface area contributed by atoms with Crippen molar-refractivity contribution in [1.29, 1.82) is 0 Å². The van der Waals surface area contributed by atoms with Gasteiger partial charge in [-0.3, -0.25) is 4.79 Å². The van der Waals surface area contributed by atoms with Crippen molar-refractivity contribution in [3.63, 3.8) is 0 Å². The zero-order valence-electron chi connectivity index (χ0n) is 7.78. The van der Waals surface area contributed by atoms with Gasteiger partial charge < -0.3 is 9.63 Å². The Labute approximate surface area is 76.5 Å². The quantitative estimate of drug-likeness (QED) is 0.773. The molecule has 1 rings (SSSR count). The van der Waals surface area contributed by atoms with E-state index in [4.69, 9.17) is 9.63 Å². The molecule has 1 aromatic rings. The third-order valence-corrected chi connectivity index (χ3v) is 1.91. The summed E-state index contributed by atoms with van der Waals surface area (Å²) in [6, 6.07) is 1.81. The first-order valence-corrected chi connectivity index (χ1v) is 4.30. The lowest BCUT2D eigenvalue weighted by Crippen LogP contribution is -2.02. The molecule has 0 radical (unpaired) electrons. The molecule has 0 aliphatic rings. The predicted octanol–water partition coefficient (Wildman–Crippen LogP) is 1.82. The second-order valence-electron chi connectivity index (χ2n) is 3.07. The van der Waals surface area contributed by atoms with Crippen molar-refractivity contribution in [2.45, 2.75) is 32.6 Å². The largest absolute Gasteiger partial charge is 0.481 e. The van der Waals surface area contributed by atoms with Crippen LogP contribution in [0.15, 0.2) is 10.6 Å². The fourth-order valence-corrected chi connectivity index (χ4v) is 1.09. The summed E-state index contributed by atoms with van der Waals surface area (Å²) in [7, 11) is 0. The third-order valence-electron chi connectivity index (χ3n) is 1.91. The first-order chi connectivity index (χ1) is 6.13. The molecule has 13 heavy (non-hydrogen) atoms. The van der Waals surface area contributed by atoms with Crippen LogP contribution in [0.4, 0.5) is 0 Å². The van der Waals surface area contributed by atoms with Crippen LogP contribution >= 0.6 is 0 Å². The molecule has 1 N–H and O–H groups in total. The molecular formula is C9H13NO3. The van der Waals surface area contributed by atoms with Crippen LogP contribution in [0.5, 0.6) is 0 Å². The van der Waals surface area contributed by atoms with Gasteiger partial charge in [0.1, 0.15) is 5.76 Å². The van der Waals surface area contributed by atoms with E-state index in [1.54, 1.807) is 0 Å². The van der Waals surface area contributed by atoms with Crippen molar-refractivity contribution >= 4 is 5.97 Å². The van der Waals surface area contributed by atoms with Crippen LogP contribution in [0.3, 0.4) is 0 Å². The zero-order chi connectivity index (χ0) is 9.84. The summed E-state index contributed by atoms with van der Waals surface area (Å²) in [4.78, 5) is 10.4. The van der Waals surface area contributed by atoms with Crippen molar-refractivity contribution in [2.75, 3.05) is 0 Å². The molecular weight excluding hydrogens is 170 g/mol. The highest BCUT2D eigenvalue weighted by atomic mass is 16.5. The number of carbonyl (C=O) groups is 1. The highest BCUT2D eigenvalue weighted by molar-refractivity contribution is 5.67. The fourth-order valence-electron chi connectivity index (χ4n) is 1.09. The van der Waals surface area contributed by atoms with E-state index >= 15 is 0 Å². The molecule has 4 nitrogen and oxygen atoms in total. The van der Waals surface area contributed by atoms with Crippen molar-refractivity contribution in [3.05, 3.63) is 17.5 Å². The van der Waals surface area contributed by atoms with E-state index in [1.165, 1.54) is 0 Å². The molecule has 0 amide bonds. The second-order valence-corrected chi connectivity index (χ2v) is 3.07. The Bertz CT molecular complexity index is 293. The number of aromatic nitrogens is 1. The molecule has 0 aliphatic carbocycles. The number of carboxylic acids is 1. The van der Waals surface area contributed by atoms with Gasteiger partial charge in [0, 0.05) is 18.4 Å². The van der Waals surface area contributed by atoms with E-state index in [1.807, 2.05) is 19.9 Å². The van der Waals surface area contributed by atoms with E-state index in [0.29, 0.717) is 0 Å². The van der Waals surface area contributed by atoms with Gasteiger partial charge in [0.15, 0.2) is 0 Å². The van der Waals surface area contributed by atoms with E-state index in [2.05, 4.69) is 5.16 Å². The average molecular weight is 183 g/mol. The Kier molecular flexibility index (Phi) is 3.06. The van der Waals surface area contributed by atoms with Gasteiger partial charge in [-0.1, -0.05) is 19.0 Å². The Morgan fingerprint density at radius 2 is 2.46 bits per heavy atom. The standard InChI is InChI=1S/C9H13NO3/c1-3-7-5-8(10-13-7)6(2)4-9(11)12/h5-6H,3-4H2,1-2H3,(H,11,12). The van der Waals surface area contributed by atoms with E-state index in [0.717, 1.165) is 17.9 Å². The van der Waals surface area contributed by atoms with Crippen molar-refractivity contribution in [1.82, 2.24) is 5.16 Å². The van der Waals surface area contributed by atoms with Crippen LogP contribution < -0.4 is 0 Å². The van der Waals surface area contributed by atoms with Crippen LogP contribution in [0.25, 0.3) is 0 Å². The molecule has 0 spiro atoms. The average Bonchev–Trinajstić information content (AvgIpc) is 2.50. The molecule has 1 aromatic heterocycles. The zero-order valence-corrected chi connectivity index (χ0v) is 7.78. The number of carboxylic acid groups (broad SMARTS) is 1. The summed E-state index contributed by atoms with van der Waals surface area (Å²) in [5.74, 6) is -0.0951. The monoisotopic (exact) mass is 183 g/mol. The summed E-state index contributed by atoms with van der Waals surface area (Å²) in [5.41, 5.74) is 0.722. The van der Waals surface area contributed by atoms with Crippen LogP contribution in [-0.2, 0) is 11.2 Å². The summed E-state index contributed by atoms with van der Waals surface area (Å²) in [5, 5.41) is 12.4. The number of rotatable bonds is 4. The fraction of sp³-hybridized carbons (Fsp3) is 0.556. The van der Waals surface area contributed by atoms with E-state index < -0.39 is 5.97 Å². The van der Waals surface area contributed by atoms with Crippen LogP contribution in [-0.4, -0.2) is 16.2 Å². The molecule has 0 saturated carbocycles. The molecule has 0 fully saturated rings.